The number of nitrogens with zero attached hydrogens (tertiary/aromatic N) is 5. The summed E-state index contributed by atoms with van der Waals surface area (Å²) in [7, 11) is 0. The van der Waals surface area contributed by atoms with Crippen molar-refractivity contribution in [2.45, 2.75) is 13.0 Å². The number of cyclic esters (lactones) is 1. The van der Waals surface area contributed by atoms with E-state index in [1.807, 2.05) is 29.3 Å². The van der Waals surface area contributed by atoms with Gasteiger partial charge in [-0.3, -0.25) is 24.5 Å². The topological polar surface area (TPSA) is 107 Å². The summed E-state index contributed by atoms with van der Waals surface area (Å²) >= 11 is 0. The van der Waals surface area contributed by atoms with Crippen LogP contribution in [-0.4, -0.2) is 84.4 Å². The van der Waals surface area contributed by atoms with Crippen molar-refractivity contribution in [1.82, 2.24) is 20.2 Å². The quantitative estimate of drug-likeness (QED) is 0.458. The van der Waals surface area contributed by atoms with E-state index in [1.165, 1.54) is 17.9 Å². The molecule has 5 rings (SSSR count). The molecular formula is C29H29FN6O4. The van der Waals surface area contributed by atoms with E-state index >= 15 is 4.39 Å². The van der Waals surface area contributed by atoms with Crippen molar-refractivity contribution in [2.75, 3.05) is 44.2 Å². The third-order valence-electron chi connectivity index (χ3n) is 6.74. The predicted octanol–water partition coefficient (Wildman–Crippen LogP) is 3.14. The molecule has 11 heteroatoms. The van der Waals surface area contributed by atoms with Gasteiger partial charge in [0.05, 0.1) is 38.1 Å². The van der Waals surface area contributed by atoms with Crippen LogP contribution < -0.4 is 10.2 Å². The molecule has 0 aliphatic carbocycles. The Kier molecular flexibility index (Phi) is 7.99. The highest BCUT2D eigenvalue weighted by molar-refractivity contribution is 5.92. The number of ether oxygens (including phenoxy) is 1. The van der Waals surface area contributed by atoms with Crippen LogP contribution in [0.4, 0.5) is 14.9 Å². The maximum absolute atomic E-state index is 15.1. The first-order valence-electron chi connectivity index (χ1n) is 13.0. The van der Waals surface area contributed by atoms with E-state index in [9.17, 15) is 14.4 Å². The van der Waals surface area contributed by atoms with Gasteiger partial charge in [-0.05, 0) is 41.5 Å². The van der Waals surface area contributed by atoms with Gasteiger partial charge in [0.1, 0.15) is 17.6 Å². The Morgan fingerprint density at radius 2 is 1.88 bits per heavy atom. The smallest absolute Gasteiger partial charge is 0.414 e. The van der Waals surface area contributed by atoms with Crippen LogP contribution in [0.25, 0.3) is 11.1 Å². The lowest BCUT2D eigenvalue weighted by atomic mass is 10.0. The molecule has 2 saturated heterocycles. The van der Waals surface area contributed by atoms with Gasteiger partial charge in [-0.15, -0.1) is 0 Å². The van der Waals surface area contributed by atoms with Gasteiger partial charge in [0.2, 0.25) is 5.91 Å². The molecule has 0 radical (unpaired) electrons. The average molecular weight is 545 g/mol. The molecule has 2 aromatic carbocycles. The van der Waals surface area contributed by atoms with Crippen molar-refractivity contribution < 1.29 is 23.5 Å². The summed E-state index contributed by atoms with van der Waals surface area (Å²) in [4.78, 5) is 43.2. The second-order valence-corrected chi connectivity index (χ2v) is 9.55. The van der Waals surface area contributed by atoms with Crippen molar-refractivity contribution in [2.24, 2.45) is 5.10 Å². The van der Waals surface area contributed by atoms with Crippen LogP contribution in [0.15, 0.2) is 72.0 Å². The molecule has 1 aromatic heterocycles. The number of pyridine rings is 1. The number of hydrazone groups is 1. The van der Waals surface area contributed by atoms with Crippen LogP contribution in [0, 0.1) is 5.82 Å². The van der Waals surface area contributed by atoms with Gasteiger partial charge in [-0.1, -0.05) is 30.3 Å². The summed E-state index contributed by atoms with van der Waals surface area (Å²) in [5.74, 6) is -0.753. The molecule has 1 N–H and O–H groups in total. The number of nitrogens with one attached hydrogen (secondary N) is 1. The standard InChI is InChI=1S/C29H29FN6O4/c1-20(37)32-18-24-19-36(29(39)40-24)23-9-10-25(26(30)16-23)22-7-5-21(6-8-22)17-33-35-14-12-34(13-15-35)28(38)27-4-2-3-11-31-27/h2-11,16-17,24H,12-15,18-19H2,1H3,(H,32,37)/b33-17+/t24-/m0/s1. The lowest BCUT2D eigenvalue weighted by molar-refractivity contribution is -0.119. The zero-order chi connectivity index (χ0) is 28.1. The first-order chi connectivity index (χ1) is 19.4. The number of piperazine rings is 1. The molecule has 206 valence electrons. The summed E-state index contributed by atoms with van der Waals surface area (Å²) < 4.78 is 20.3. The Bertz CT molecular complexity index is 1410. The first-order valence-corrected chi connectivity index (χ1v) is 13.0. The third-order valence-corrected chi connectivity index (χ3v) is 6.74. The van der Waals surface area contributed by atoms with Crippen LogP contribution >= 0.6 is 0 Å². The number of rotatable bonds is 7. The molecule has 2 aliphatic heterocycles. The molecule has 2 fully saturated rings. The molecule has 0 saturated carbocycles. The minimum Gasteiger partial charge on any atom is -0.442 e. The number of hydrogen-bond donors (Lipinski definition) is 1. The molecule has 0 spiro atoms. The van der Waals surface area contributed by atoms with Crippen molar-refractivity contribution in [3.05, 3.63) is 83.9 Å². The van der Waals surface area contributed by atoms with Gasteiger partial charge in [0.15, 0.2) is 0 Å². The van der Waals surface area contributed by atoms with Crippen LogP contribution in [0.1, 0.15) is 23.0 Å². The highest BCUT2D eigenvalue weighted by atomic mass is 19.1. The number of anilines is 1. The molecule has 1 atom stereocenters. The number of carbonyl (C=O) groups excluding carboxylic acids is 3. The van der Waals surface area contributed by atoms with E-state index in [0.29, 0.717) is 48.7 Å². The molecule has 3 heterocycles. The number of carbonyl (C=O) groups is 3. The molecule has 3 amide bonds. The Hall–Kier alpha value is -4.80. The fraction of sp³-hybridized carbons (Fsp3) is 0.276. The van der Waals surface area contributed by atoms with E-state index in [2.05, 4.69) is 15.4 Å². The van der Waals surface area contributed by atoms with E-state index in [4.69, 9.17) is 4.74 Å². The monoisotopic (exact) mass is 544 g/mol. The van der Waals surface area contributed by atoms with E-state index in [-0.39, 0.29) is 24.9 Å². The van der Waals surface area contributed by atoms with Gasteiger partial charge in [0.25, 0.3) is 5.91 Å². The lowest BCUT2D eigenvalue weighted by Gasteiger charge is -2.32. The normalized spacial score (nSPS) is 17.3. The van der Waals surface area contributed by atoms with Gasteiger partial charge in [-0.2, -0.15) is 5.10 Å². The summed E-state index contributed by atoms with van der Waals surface area (Å²) in [5.41, 5.74) is 2.79. The molecule has 40 heavy (non-hydrogen) atoms. The van der Waals surface area contributed by atoms with Crippen molar-refractivity contribution in [1.29, 1.82) is 0 Å². The van der Waals surface area contributed by atoms with Gasteiger partial charge >= 0.3 is 6.09 Å². The number of benzene rings is 2. The van der Waals surface area contributed by atoms with E-state index < -0.39 is 18.0 Å². The summed E-state index contributed by atoms with van der Waals surface area (Å²) in [6.07, 6.45) is 2.29. The van der Waals surface area contributed by atoms with E-state index in [0.717, 1.165) is 5.56 Å². The zero-order valence-corrected chi connectivity index (χ0v) is 22.0. The summed E-state index contributed by atoms with van der Waals surface area (Å²) in [6, 6.07) is 17.3. The lowest BCUT2D eigenvalue weighted by Crippen LogP contribution is -2.47. The third kappa shape index (κ3) is 6.25. The van der Waals surface area contributed by atoms with Gasteiger partial charge < -0.3 is 15.0 Å². The number of amides is 3. The number of halogens is 1. The molecular weight excluding hydrogens is 515 g/mol. The van der Waals surface area contributed by atoms with Crippen molar-refractivity contribution in [3.63, 3.8) is 0 Å². The molecule has 3 aromatic rings. The van der Waals surface area contributed by atoms with Gasteiger partial charge in [-0.25, -0.2) is 9.18 Å². The Balaban J connectivity index is 1.16. The average Bonchev–Trinajstić information content (AvgIpc) is 3.36. The number of hydrogen-bond acceptors (Lipinski definition) is 7. The Labute approximate surface area is 231 Å². The fourth-order valence-electron chi connectivity index (χ4n) is 4.57. The highest BCUT2D eigenvalue weighted by Crippen LogP contribution is 2.29. The minimum absolute atomic E-state index is 0.0772. The molecule has 0 unspecified atom stereocenters. The highest BCUT2D eigenvalue weighted by Gasteiger charge is 2.32. The summed E-state index contributed by atoms with van der Waals surface area (Å²) in [6.45, 7) is 4.17. The number of aromatic nitrogens is 1. The SMILES string of the molecule is CC(=O)NC[C@H]1CN(c2ccc(-c3ccc(/C=N/N4CCN(C(=O)c5ccccn5)CC4)cc3)c(F)c2)C(=O)O1. The van der Waals surface area contributed by atoms with Crippen molar-refractivity contribution in [3.8, 4) is 11.1 Å². The zero-order valence-electron chi connectivity index (χ0n) is 22.0. The minimum atomic E-state index is -0.577. The second kappa shape index (κ2) is 11.9. The van der Waals surface area contributed by atoms with Crippen LogP contribution in [-0.2, 0) is 9.53 Å². The molecule has 0 bridgehead atoms. The van der Waals surface area contributed by atoms with Crippen molar-refractivity contribution >= 4 is 29.8 Å². The molecule has 2 aliphatic rings. The Morgan fingerprint density at radius 1 is 1.10 bits per heavy atom. The van der Waals surface area contributed by atoms with E-state index in [1.54, 1.807) is 47.6 Å². The summed E-state index contributed by atoms with van der Waals surface area (Å²) in [5, 5.41) is 9.08. The van der Waals surface area contributed by atoms with Crippen LogP contribution in [0.2, 0.25) is 0 Å². The van der Waals surface area contributed by atoms with Crippen LogP contribution in [0.5, 0.6) is 0 Å². The predicted molar refractivity (Wildman–Crippen MR) is 147 cm³/mol. The first kappa shape index (κ1) is 26.8. The maximum Gasteiger partial charge on any atom is 0.414 e. The largest absolute Gasteiger partial charge is 0.442 e. The van der Waals surface area contributed by atoms with Crippen LogP contribution in [0.3, 0.4) is 0 Å². The Morgan fingerprint density at radius 3 is 2.55 bits per heavy atom. The molecule has 10 nitrogen and oxygen atoms in total. The maximum atomic E-state index is 15.1. The van der Waals surface area contributed by atoms with Gasteiger partial charge in [0, 0.05) is 31.8 Å². The second-order valence-electron chi connectivity index (χ2n) is 9.55. The fourth-order valence-corrected chi connectivity index (χ4v) is 4.57.